The minimum Gasteiger partial charge on any atom is -0.379 e. The fourth-order valence-electron chi connectivity index (χ4n) is 2.14. The van der Waals surface area contributed by atoms with E-state index in [1.807, 2.05) is 0 Å². The van der Waals surface area contributed by atoms with Crippen molar-refractivity contribution in [3.63, 3.8) is 0 Å². The summed E-state index contributed by atoms with van der Waals surface area (Å²) in [7, 11) is 0. The van der Waals surface area contributed by atoms with Gasteiger partial charge in [-0.25, -0.2) is 8.78 Å². The molecule has 0 aromatic heterocycles. The van der Waals surface area contributed by atoms with Crippen LogP contribution in [-0.4, -0.2) is 11.1 Å². The lowest BCUT2D eigenvalue weighted by Crippen LogP contribution is -2.44. The summed E-state index contributed by atoms with van der Waals surface area (Å²) in [6.07, 6.45) is 0. The van der Waals surface area contributed by atoms with E-state index in [0.29, 0.717) is 11.1 Å². The van der Waals surface area contributed by atoms with Crippen molar-refractivity contribution in [2.24, 2.45) is 5.73 Å². The lowest BCUT2D eigenvalue weighted by Gasteiger charge is -2.33. The number of rotatable bonds is 3. The number of aliphatic hydroxyl groups is 1. The predicted molar refractivity (Wildman–Crippen MR) is 69.4 cm³/mol. The van der Waals surface area contributed by atoms with Gasteiger partial charge in [-0.05, 0) is 42.3 Å². The number of hydrogen-bond donors (Lipinski definition) is 2. The lowest BCUT2D eigenvalue weighted by atomic mass is 9.81. The summed E-state index contributed by atoms with van der Waals surface area (Å²) in [6, 6.07) is 10.3. The molecule has 0 spiro atoms. The Labute approximate surface area is 110 Å². The van der Waals surface area contributed by atoms with Gasteiger partial charge in [0.05, 0.1) is 0 Å². The van der Waals surface area contributed by atoms with Gasteiger partial charge in [0.15, 0.2) is 0 Å². The molecular formula is C15H15F2NO. The quantitative estimate of drug-likeness (QED) is 0.894. The van der Waals surface area contributed by atoms with Gasteiger partial charge in [0.2, 0.25) is 0 Å². The van der Waals surface area contributed by atoms with Crippen molar-refractivity contribution in [2.75, 3.05) is 0 Å². The second kappa shape index (κ2) is 5.07. The summed E-state index contributed by atoms with van der Waals surface area (Å²) >= 11 is 0. The summed E-state index contributed by atoms with van der Waals surface area (Å²) in [5.74, 6) is -0.957. The minimum atomic E-state index is -1.63. The van der Waals surface area contributed by atoms with E-state index in [9.17, 15) is 13.9 Å². The van der Waals surface area contributed by atoms with E-state index in [-0.39, 0.29) is 0 Å². The van der Waals surface area contributed by atoms with Crippen LogP contribution in [0.5, 0.6) is 0 Å². The summed E-state index contributed by atoms with van der Waals surface area (Å²) in [6.45, 7) is 1.59. The molecule has 0 aliphatic heterocycles. The number of benzene rings is 2. The molecule has 2 nitrogen and oxygen atoms in total. The molecular weight excluding hydrogens is 248 g/mol. The Morgan fingerprint density at radius 2 is 1.42 bits per heavy atom. The molecule has 3 N–H and O–H groups in total. The Balaban J connectivity index is 2.61. The van der Waals surface area contributed by atoms with E-state index in [2.05, 4.69) is 0 Å². The third kappa shape index (κ3) is 2.50. The highest BCUT2D eigenvalue weighted by molar-refractivity contribution is 5.38. The normalized spacial score (nSPS) is 13.3. The molecule has 0 bridgehead atoms. The van der Waals surface area contributed by atoms with Gasteiger partial charge in [0, 0.05) is 6.04 Å². The second-order valence-electron chi connectivity index (χ2n) is 4.58. The van der Waals surface area contributed by atoms with Crippen LogP contribution < -0.4 is 5.73 Å². The highest BCUT2D eigenvalue weighted by atomic mass is 19.1. The molecule has 19 heavy (non-hydrogen) atoms. The van der Waals surface area contributed by atoms with E-state index in [0.717, 1.165) is 0 Å². The first kappa shape index (κ1) is 13.6. The van der Waals surface area contributed by atoms with Crippen LogP contribution in [0, 0.1) is 11.6 Å². The van der Waals surface area contributed by atoms with Gasteiger partial charge in [-0.15, -0.1) is 0 Å². The van der Waals surface area contributed by atoms with Crippen LogP contribution >= 0.6 is 0 Å². The average Bonchev–Trinajstić information content (AvgIpc) is 2.37. The van der Waals surface area contributed by atoms with Crippen LogP contribution in [0.4, 0.5) is 8.78 Å². The molecule has 0 saturated carbocycles. The largest absolute Gasteiger partial charge is 0.379 e. The van der Waals surface area contributed by atoms with Crippen molar-refractivity contribution in [2.45, 2.75) is 18.6 Å². The SMILES string of the molecule is CC(N)C(O)(c1cccc(F)c1)c1cccc(F)c1. The molecule has 2 aromatic rings. The fourth-order valence-corrected chi connectivity index (χ4v) is 2.14. The van der Waals surface area contributed by atoms with Gasteiger partial charge in [0.25, 0.3) is 0 Å². The van der Waals surface area contributed by atoms with E-state index >= 15 is 0 Å². The van der Waals surface area contributed by atoms with Crippen molar-refractivity contribution in [3.8, 4) is 0 Å². The van der Waals surface area contributed by atoms with Crippen LogP contribution in [0.15, 0.2) is 48.5 Å². The van der Waals surface area contributed by atoms with Crippen molar-refractivity contribution in [1.82, 2.24) is 0 Å². The van der Waals surface area contributed by atoms with E-state index in [4.69, 9.17) is 5.73 Å². The molecule has 0 aliphatic carbocycles. The van der Waals surface area contributed by atoms with Crippen molar-refractivity contribution in [1.29, 1.82) is 0 Å². The first-order valence-electron chi connectivity index (χ1n) is 5.94. The van der Waals surface area contributed by atoms with Gasteiger partial charge >= 0.3 is 0 Å². The van der Waals surface area contributed by atoms with Crippen LogP contribution in [-0.2, 0) is 5.60 Å². The first-order valence-corrected chi connectivity index (χ1v) is 5.94. The zero-order valence-electron chi connectivity index (χ0n) is 10.5. The molecule has 0 amide bonds. The highest BCUT2D eigenvalue weighted by Gasteiger charge is 2.36. The standard InChI is InChI=1S/C15H15F2NO/c1-10(18)15(19,11-4-2-6-13(16)8-11)12-5-3-7-14(17)9-12/h2-10,19H,18H2,1H3. The Morgan fingerprint density at radius 3 is 1.74 bits per heavy atom. The Hall–Kier alpha value is -1.78. The molecule has 4 heteroatoms. The molecule has 0 saturated heterocycles. The summed E-state index contributed by atoms with van der Waals surface area (Å²) < 4.78 is 26.7. The molecule has 0 fully saturated rings. The molecule has 1 atom stereocenters. The zero-order valence-corrected chi connectivity index (χ0v) is 10.5. The van der Waals surface area contributed by atoms with Crippen molar-refractivity contribution in [3.05, 3.63) is 71.3 Å². The monoisotopic (exact) mass is 263 g/mol. The topological polar surface area (TPSA) is 46.2 Å². The Kier molecular flexibility index (Phi) is 3.64. The molecule has 100 valence electrons. The van der Waals surface area contributed by atoms with Crippen LogP contribution in [0.3, 0.4) is 0 Å². The molecule has 2 rings (SSSR count). The van der Waals surface area contributed by atoms with Gasteiger partial charge in [-0.1, -0.05) is 24.3 Å². The summed E-state index contributed by atoms with van der Waals surface area (Å²) in [5.41, 5.74) is 4.80. The second-order valence-corrected chi connectivity index (χ2v) is 4.58. The van der Waals surface area contributed by atoms with E-state index in [1.54, 1.807) is 19.1 Å². The number of halogens is 2. The van der Waals surface area contributed by atoms with Crippen molar-refractivity contribution < 1.29 is 13.9 Å². The predicted octanol–water partition coefficient (Wildman–Crippen LogP) is 2.55. The van der Waals surface area contributed by atoms with Gasteiger partial charge in [-0.2, -0.15) is 0 Å². The highest BCUT2D eigenvalue weighted by Crippen LogP contribution is 2.32. The summed E-state index contributed by atoms with van der Waals surface area (Å²) in [4.78, 5) is 0. The smallest absolute Gasteiger partial charge is 0.130 e. The fraction of sp³-hybridized carbons (Fsp3) is 0.200. The molecule has 0 heterocycles. The first-order chi connectivity index (χ1) is 8.94. The molecule has 2 aromatic carbocycles. The maximum atomic E-state index is 13.3. The van der Waals surface area contributed by atoms with Crippen LogP contribution in [0.25, 0.3) is 0 Å². The van der Waals surface area contributed by atoms with Gasteiger partial charge in [-0.3, -0.25) is 0 Å². The van der Waals surface area contributed by atoms with Gasteiger partial charge < -0.3 is 10.8 Å². The maximum absolute atomic E-state index is 13.3. The Morgan fingerprint density at radius 1 is 1.00 bits per heavy atom. The van der Waals surface area contributed by atoms with Crippen LogP contribution in [0.2, 0.25) is 0 Å². The average molecular weight is 263 g/mol. The zero-order chi connectivity index (χ0) is 14.0. The minimum absolute atomic E-state index is 0.299. The molecule has 0 radical (unpaired) electrons. The summed E-state index contributed by atoms with van der Waals surface area (Å²) in [5, 5.41) is 10.8. The van der Waals surface area contributed by atoms with E-state index in [1.165, 1.54) is 36.4 Å². The maximum Gasteiger partial charge on any atom is 0.130 e. The third-order valence-electron chi connectivity index (χ3n) is 3.19. The Bertz CT molecular complexity index is 538. The van der Waals surface area contributed by atoms with Gasteiger partial charge in [0.1, 0.15) is 17.2 Å². The molecule has 1 unspecified atom stereocenters. The number of nitrogens with two attached hydrogens (primary N) is 1. The number of hydrogen-bond acceptors (Lipinski definition) is 2. The lowest BCUT2D eigenvalue weighted by molar-refractivity contribution is 0.0572. The van der Waals surface area contributed by atoms with Crippen molar-refractivity contribution >= 4 is 0 Å². The van der Waals surface area contributed by atoms with Crippen LogP contribution in [0.1, 0.15) is 18.1 Å². The van der Waals surface area contributed by atoms with E-state index < -0.39 is 23.3 Å². The third-order valence-corrected chi connectivity index (χ3v) is 3.19. The molecule has 0 aliphatic rings.